The Morgan fingerprint density at radius 3 is 1.10 bits per heavy atom. The molecular weight excluding hydrogens is 262 g/mol. The number of hydrogen-bond acceptors (Lipinski definition) is 2. The second-order valence-corrected chi connectivity index (χ2v) is 4.28. The van der Waals surface area contributed by atoms with E-state index in [1.54, 1.807) is 0 Å². The summed E-state index contributed by atoms with van der Waals surface area (Å²) in [6.07, 6.45) is 0. The summed E-state index contributed by atoms with van der Waals surface area (Å²) in [4.78, 5) is 0. The van der Waals surface area contributed by atoms with E-state index in [0.717, 1.165) is 0 Å². The first-order valence-corrected chi connectivity index (χ1v) is 6.92. The molecule has 2 heteroatoms. The van der Waals surface area contributed by atoms with Crippen LogP contribution < -0.4 is 5.14 Å². The summed E-state index contributed by atoms with van der Waals surface area (Å²) in [5.41, 5.74) is 5.09. The third-order valence-corrected chi connectivity index (χ3v) is 3.10. The molecule has 0 bridgehead atoms. The van der Waals surface area contributed by atoms with Gasteiger partial charge in [-0.15, -0.1) is 12.8 Å². The van der Waals surface area contributed by atoms with Gasteiger partial charge in [-0.05, 0) is 22.3 Å². The number of nitrogens with two attached hydrogens (primary N) is 1. The van der Waals surface area contributed by atoms with Crippen molar-refractivity contribution in [2.24, 2.45) is 5.14 Å². The van der Waals surface area contributed by atoms with Crippen molar-refractivity contribution in [1.29, 1.82) is 0 Å². The van der Waals surface area contributed by atoms with Crippen molar-refractivity contribution >= 4 is 12.8 Å². The highest BCUT2D eigenvalue weighted by molar-refractivity contribution is 7.77. The molecule has 0 amide bonds. The second-order valence-electron chi connectivity index (χ2n) is 4.28. The lowest BCUT2D eigenvalue weighted by Crippen LogP contribution is -1.83. The first-order valence-electron chi connectivity index (χ1n) is 6.41. The van der Waals surface area contributed by atoms with Gasteiger partial charge in [-0.2, -0.15) is 0 Å². The van der Waals surface area contributed by atoms with E-state index in [-0.39, 0.29) is 0 Å². The van der Waals surface area contributed by atoms with Crippen LogP contribution in [0.3, 0.4) is 0 Å². The third-order valence-electron chi connectivity index (χ3n) is 3.10. The molecule has 2 N–H and O–H groups in total. The predicted molar refractivity (Wildman–Crippen MR) is 90.5 cm³/mol. The molecule has 0 unspecified atom stereocenters. The summed E-state index contributed by atoms with van der Waals surface area (Å²) in [5.74, 6) is 0. The summed E-state index contributed by atoms with van der Waals surface area (Å²) in [6.45, 7) is 0. The van der Waals surface area contributed by atoms with Crippen molar-refractivity contribution in [3.8, 4) is 22.3 Å². The van der Waals surface area contributed by atoms with Gasteiger partial charge >= 0.3 is 0 Å². The summed E-state index contributed by atoms with van der Waals surface area (Å²) < 4.78 is 0. The fourth-order valence-electron chi connectivity index (χ4n) is 2.22. The Bertz CT molecular complexity index is 577. The average molecular weight is 279 g/mol. The van der Waals surface area contributed by atoms with Crippen LogP contribution in [0.4, 0.5) is 0 Å². The van der Waals surface area contributed by atoms with Gasteiger partial charge in [0.2, 0.25) is 0 Å². The molecule has 3 rings (SSSR count). The van der Waals surface area contributed by atoms with Crippen LogP contribution >= 0.6 is 12.8 Å². The lowest BCUT2D eigenvalue weighted by molar-refractivity contribution is 1.58. The van der Waals surface area contributed by atoms with E-state index in [1.165, 1.54) is 22.3 Å². The summed E-state index contributed by atoms with van der Waals surface area (Å²) >= 11 is 3.03. The van der Waals surface area contributed by atoms with E-state index < -0.39 is 0 Å². The predicted octanol–water partition coefficient (Wildman–Crippen LogP) is 4.81. The Hall–Kier alpha value is -2.03. The van der Waals surface area contributed by atoms with Crippen molar-refractivity contribution in [3.05, 3.63) is 84.9 Å². The van der Waals surface area contributed by atoms with Crippen LogP contribution in [0.1, 0.15) is 0 Å². The van der Waals surface area contributed by atoms with Crippen LogP contribution in [0.25, 0.3) is 22.3 Å². The molecule has 0 aliphatic heterocycles. The van der Waals surface area contributed by atoms with Crippen LogP contribution in [-0.2, 0) is 0 Å². The monoisotopic (exact) mass is 279 g/mol. The molecule has 0 aliphatic carbocycles. The Balaban J connectivity index is 0.000000704. The standard InChI is InChI=1S/C18H14.H3NS/c1-3-9-15(10-4-1)17-13-7-8-14-18(17)16-11-5-2-6-12-16;1-2/h1-14H;2H,1H2. The van der Waals surface area contributed by atoms with E-state index in [1.807, 2.05) is 0 Å². The molecule has 0 aromatic heterocycles. The average Bonchev–Trinajstić information content (AvgIpc) is 2.58. The van der Waals surface area contributed by atoms with Crippen molar-refractivity contribution in [2.45, 2.75) is 0 Å². The molecule has 0 spiro atoms. The van der Waals surface area contributed by atoms with Gasteiger partial charge in [-0.1, -0.05) is 84.9 Å². The molecule has 20 heavy (non-hydrogen) atoms. The Morgan fingerprint density at radius 2 is 0.750 bits per heavy atom. The Morgan fingerprint density at radius 1 is 0.450 bits per heavy atom. The van der Waals surface area contributed by atoms with Gasteiger partial charge in [0, 0.05) is 0 Å². The van der Waals surface area contributed by atoms with Gasteiger partial charge in [-0.25, -0.2) is 0 Å². The van der Waals surface area contributed by atoms with Crippen molar-refractivity contribution in [3.63, 3.8) is 0 Å². The quantitative estimate of drug-likeness (QED) is 0.647. The molecule has 0 aliphatic rings. The molecule has 3 aromatic carbocycles. The van der Waals surface area contributed by atoms with E-state index in [0.29, 0.717) is 0 Å². The van der Waals surface area contributed by atoms with E-state index in [4.69, 9.17) is 0 Å². The molecule has 1 nitrogen and oxygen atoms in total. The smallest absolute Gasteiger partial charge is 0.0105 e. The summed E-state index contributed by atoms with van der Waals surface area (Å²) in [5, 5.41) is 4.19. The van der Waals surface area contributed by atoms with Crippen LogP contribution in [0.5, 0.6) is 0 Å². The van der Waals surface area contributed by atoms with Gasteiger partial charge in [0.1, 0.15) is 0 Å². The molecule has 100 valence electrons. The molecular formula is C18H17NS. The maximum absolute atomic E-state index is 4.19. The van der Waals surface area contributed by atoms with Gasteiger partial charge in [-0.3, -0.25) is 5.14 Å². The normalized spacial score (nSPS) is 9.50. The minimum absolute atomic E-state index is 1.26. The van der Waals surface area contributed by atoms with E-state index in [2.05, 4.69) is 103 Å². The van der Waals surface area contributed by atoms with Crippen LogP contribution in [0, 0.1) is 0 Å². The fraction of sp³-hybridized carbons (Fsp3) is 0. The van der Waals surface area contributed by atoms with E-state index >= 15 is 0 Å². The first-order chi connectivity index (χ1) is 9.95. The molecule has 0 saturated carbocycles. The van der Waals surface area contributed by atoms with Crippen molar-refractivity contribution in [2.75, 3.05) is 0 Å². The minimum Gasteiger partial charge on any atom is -0.281 e. The van der Waals surface area contributed by atoms with Crippen LogP contribution in [0.15, 0.2) is 84.9 Å². The third kappa shape index (κ3) is 3.29. The van der Waals surface area contributed by atoms with Gasteiger partial charge < -0.3 is 0 Å². The zero-order valence-electron chi connectivity index (χ0n) is 11.1. The summed E-state index contributed by atoms with van der Waals surface area (Å²) in [7, 11) is 0. The number of hydrogen-bond donors (Lipinski definition) is 2. The highest BCUT2D eigenvalue weighted by atomic mass is 32.1. The maximum atomic E-state index is 4.19. The molecule has 0 saturated heterocycles. The largest absolute Gasteiger partial charge is 0.281 e. The first kappa shape index (κ1) is 14.4. The molecule has 0 heterocycles. The van der Waals surface area contributed by atoms with Crippen molar-refractivity contribution in [1.82, 2.24) is 0 Å². The molecule has 0 atom stereocenters. The fourth-order valence-corrected chi connectivity index (χ4v) is 2.22. The number of rotatable bonds is 2. The van der Waals surface area contributed by atoms with E-state index in [9.17, 15) is 0 Å². The highest BCUT2D eigenvalue weighted by Crippen LogP contribution is 2.31. The molecule has 0 radical (unpaired) electrons. The molecule has 0 fully saturated rings. The maximum Gasteiger partial charge on any atom is -0.0105 e. The zero-order chi connectivity index (χ0) is 14.2. The lowest BCUT2D eigenvalue weighted by Gasteiger charge is -2.09. The Kier molecular flexibility index (Phi) is 5.42. The van der Waals surface area contributed by atoms with Crippen LogP contribution in [0.2, 0.25) is 0 Å². The second kappa shape index (κ2) is 7.53. The van der Waals surface area contributed by atoms with Crippen molar-refractivity contribution < 1.29 is 0 Å². The SMILES string of the molecule is NS.c1ccc(-c2ccccc2-c2ccccc2)cc1. The number of benzene rings is 3. The van der Waals surface area contributed by atoms with Gasteiger partial charge in [0.25, 0.3) is 0 Å². The topological polar surface area (TPSA) is 26.0 Å². The number of thiol groups is 1. The lowest BCUT2D eigenvalue weighted by atomic mass is 9.95. The van der Waals surface area contributed by atoms with Crippen LogP contribution in [-0.4, -0.2) is 0 Å². The summed E-state index contributed by atoms with van der Waals surface area (Å²) in [6, 6.07) is 29.6. The van der Waals surface area contributed by atoms with Gasteiger partial charge in [0.05, 0.1) is 0 Å². The minimum atomic E-state index is 1.26. The zero-order valence-corrected chi connectivity index (χ0v) is 12.0. The van der Waals surface area contributed by atoms with Gasteiger partial charge in [0.15, 0.2) is 0 Å². The Labute approximate surface area is 125 Å². The highest BCUT2D eigenvalue weighted by Gasteiger charge is 2.05. The molecule has 3 aromatic rings.